The molecule has 2 heterocycles. The molecule has 0 unspecified atom stereocenters. The summed E-state index contributed by atoms with van der Waals surface area (Å²) in [6.45, 7) is 8.33. The van der Waals surface area contributed by atoms with E-state index in [2.05, 4.69) is 15.5 Å². The number of carbonyl (C=O) groups excluding carboxylic acids is 1. The standard InChI is InChI=1S/C11H21N3O/c1-2-13-11(15)3-4-14-7-9-5-12-6-10(9)8-14/h9-10,12H,2-8H2,1H3,(H,13,15)/t9-,10+. The number of fused-ring (bicyclic) bond motifs is 1. The van der Waals surface area contributed by atoms with Crippen LogP contribution >= 0.6 is 0 Å². The maximum Gasteiger partial charge on any atom is 0.221 e. The van der Waals surface area contributed by atoms with E-state index in [0.717, 1.165) is 24.9 Å². The molecule has 0 saturated carbocycles. The fraction of sp³-hybridized carbons (Fsp3) is 0.909. The van der Waals surface area contributed by atoms with Gasteiger partial charge >= 0.3 is 0 Å². The van der Waals surface area contributed by atoms with Gasteiger partial charge in [0.1, 0.15) is 0 Å². The molecule has 4 heteroatoms. The molecule has 2 saturated heterocycles. The number of nitrogens with one attached hydrogen (secondary N) is 2. The van der Waals surface area contributed by atoms with Crippen molar-refractivity contribution in [3.63, 3.8) is 0 Å². The first-order valence-electron chi connectivity index (χ1n) is 5.99. The number of rotatable bonds is 4. The topological polar surface area (TPSA) is 44.4 Å². The van der Waals surface area contributed by atoms with Gasteiger partial charge in [-0.1, -0.05) is 0 Å². The predicted molar refractivity (Wildman–Crippen MR) is 59.6 cm³/mol. The largest absolute Gasteiger partial charge is 0.356 e. The maximum absolute atomic E-state index is 11.3. The van der Waals surface area contributed by atoms with E-state index in [1.165, 1.54) is 26.2 Å². The molecule has 1 amide bonds. The normalized spacial score (nSPS) is 30.5. The van der Waals surface area contributed by atoms with E-state index in [1.54, 1.807) is 0 Å². The van der Waals surface area contributed by atoms with Gasteiger partial charge in [-0.15, -0.1) is 0 Å². The predicted octanol–water partition coefficient (Wildman–Crippen LogP) is -0.336. The van der Waals surface area contributed by atoms with E-state index in [9.17, 15) is 4.79 Å². The molecule has 4 nitrogen and oxygen atoms in total. The van der Waals surface area contributed by atoms with Crippen molar-refractivity contribution < 1.29 is 4.79 Å². The Morgan fingerprint density at radius 3 is 2.67 bits per heavy atom. The van der Waals surface area contributed by atoms with Crippen LogP contribution in [-0.2, 0) is 4.79 Å². The molecule has 2 aliphatic heterocycles. The van der Waals surface area contributed by atoms with Gasteiger partial charge in [0.15, 0.2) is 0 Å². The maximum atomic E-state index is 11.3. The molecule has 0 radical (unpaired) electrons. The van der Waals surface area contributed by atoms with Crippen LogP contribution < -0.4 is 10.6 Å². The van der Waals surface area contributed by atoms with E-state index in [4.69, 9.17) is 0 Å². The number of hydrogen-bond acceptors (Lipinski definition) is 3. The Balaban J connectivity index is 1.67. The summed E-state index contributed by atoms with van der Waals surface area (Å²) in [7, 11) is 0. The van der Waals surface area contributed by atoms with Crippen molar-refractivity contribution in [2.45, 2.75) is 13.3 Å². The molecular weight excluding hydrogens is 190 g/mol. The number of carbonyl (C=O) groups is 1. The molecule has 2 N–H and O–H groups in total. The fourth-order valence-corrected chi connectivity index (χ4v) is 2.68. The Morgan fingerprint density at radius 2 is 2.07 bits per heavy atom. The first-order valence-corrected chi connectivity index (χ1v) is 5.99. The van der Waals surface area contributed by atoms with Gasteiger partial charge in [-0.05, 0) is 31.8 Å². The summed E-state index contributed by atoms with van der Waals surface area (Å²) in [6, 6.07) is 0. The Bertz CT molecular complexity index is 220. The second-order valence-electron chi connectivity index (χ2n) is 4.64. The molecule has 0 aromatic heterocycles. The lowest BCUT2D eigenvalue weighted by atomic mass is 10.0. The molecule has 2 aliphatic rings. The van der Waals surface area contributed by atoms with E-state index in [-0.39, 0.29) is 5.91 Å². The van der Waals surface area contributed by atoms with Gasteiger partial charge in [-0.25, -0.2) is 0 Å². The number of nitrogens with zero attached hydrogens (tertiary/aromatic N) is 1. The Hall–Kier alpha value is -0.610. The van der Waals surface area contributed by atoms with Crippen molar-refractivity contribution in [3.8, 4) is 0 Å². The third-order valence-electron chi connectivity index (χ3n) is 3.49. The first-order chi connectivity index (χ1) is 7.29. The molecule has 2 atom stereocenters. The molecular formula is C11H21N3O. The van der Waals surface area contributed by atoms with Gasteiger partial charge in [0.25, 0.3) is 0 Å². The van der Waals surface area contributed by atoms with Crippen LogP contribution in [0.4, 0.5) is 0 Å². The third-order valence-corrected chi connectivity index (χ3v) is 3.49. The second-order valence-corrected chi connectivity index (χ2v) is 4.64. The Labute approximate surface area is 91.4 Å². The van der Waals surface area contributed by atoms with E-state index >= 15 is 0 Å². The number of likely N-dealkylation sites (tertiary alicyclic amines) is 1. The smallest absolute Gasteiger partial charge is 0.221 e. The van der Waals surface area contributed by atoms with Crippen molar-refractivity contribution in [2.24, 2.45) is 11.8 Å². The lowest BCUT2D eigenvalue weighted by Crippen LogP contribution is -2.31. The van der Waals surface area contributed by atoms with Crippen LogP contribution in [0.15, 0.2) is 0 Å². The van der Waals surface area contributed by atoms with Crippen LogP contribution in [0.1, 0.15) is 13.3 Å². The monoisotopic (exact) mass is 211 g/mol. The molecule has 0 aromatic carbocycles. The van der Waals surface area contributed by atoms with Crippen molar-refractivity contribution in [3.05, 3.63) is 0 Å². The molecule has 0 aromatic rings. The highest BCUT2D eigenvalue weighted by Crippen LogP contribution is 2.25. The van der Waals surface area contributed by atoms with E-state index in [0.29, 0.717) is 6.42 Å². The molecule has 0 bridgehead atoms. The fourth-order valence-electron chi connectivity index (χ4n) is 2.68. The quantitative estimate of drug-likeness (QED) is 0.669. The van der Waals surface area contributed by atoms with Crippen molar-refractivity contribution in [1.29, 1.82) is 0 Å². The SMILES string of the molecule is CCNC(=O)CCN1C[C@H]2CNC[C@H]2C1. The van der Waals surface area contributed by atoms with E-state index < -0.39 is 0 Å². The van der Waals surface area contributed by atoms with Crippen LogP contribution in [0.25, 0.3) is 0 Å². The van der Waals surface area contributed by atoms with Crippen molar-refractivity contribution in [1.82, 2.24) is 15.5 Å². The van der Waals surface area contributed by atoms with Gasteiger partial charge in [0.05, 0.1) is 0 Å². The zero-order valence-electron chi connectivity index (χ0n) is 9.46. The summed E-state index contributed by atoms with van der Waals surface area (Å²) in [6.07, 6.45) is 0.653. The van der Waals surface area contributed by atoms with Crippen LogP contribution in [0.3, 0.4) is 0 Å². The minimum Gasteiger partial charge on any atom is -0.356 e. The van der Waals surface area contributed by atoms with Crippen molar-refractivity contribution >= 4 is 5.91 Å². The minimum atomic E-state index is 0.188. The molecule has 0 spiro atoms. The highest BCUT2D eigenvalue weighted by Gasteiger charge is 2.35. The lowest BCUT2D eigenvalue weighted by Gasteiger charge is -2.16. The van der Waals surface area contributed by atoms with Gasteiger partial charge in [0.2, 0.25) is 5.91 Å². The summed E-state index contributed by atoms with van der Waals surface area (Å²) in [5.41, 5.74) is 0. The number of hydrogen-bond donors (Lipinski definition) is 2. The highest BCUT2D eigenvalue weighted by atomic mass is 16.1. The van der Waals surface area contributed by atoms with Gasteiger partial charge in [-0.2, -0.15) is 0 Å². The van der Waals surface area contributed by atoms with Gasteiger partial charge in [-0.3, -0.25) is 4.79 Å². The van der Waals surface area contributed by atoms with Crippen LogP contribution in [-0.4, -0.2) is 50.1 Å². The summed E-state index contributed by atoms with van der Waals surface area (Å²) in [5.74, 6) is 1.85. The van der Waals surface area contributed by atoms with Crippen molar-refractivity contribution in [2.75, 3.05) is 39.3 Å². The Kier molecular flexibility index (Phi) is 3.59. The molecule has 15 heavy (non-hydrogen) atoms. The second kappa shape index (κ2) is 4.94. The molecule has 86 valence electrons. The number of amides is 1. The first kappa shape index (κ1) is 10.9. The highest BCUT2D eigenvalue weighted by molar-refractivity contribution is 5.75. The summed E-state index contributed by atoms with van der Waals surface area (Å²) in [5, 5.41) is 6.27. The summed E-state index contributed by atoms with van der Waals surface area (Å²) < 4.78 is 0. The van der Waals surface area contributed by atoms with E-state index in [1.807, 2.05) is 6.92 Å². The summed E-state index contributed by atoms with van der Waals surface area (Å²) >= 11 is 0. The summed E-state index contributed by atoms with van der Waals surface area (Å²) in [4.78, 5) is 13.7. The van der Waals surface area contributed by atoms with Gasteiger partial charge in [0, 0.05) is 32.6 Å². The van der Waals surface area contributed by atoms with Crippen LogP contribution in [0, 0.1) is 11.8 Å². The lowest BCUT2D eigenvalue weighted by molar-refractivity contribution is -0.121. The zero-order valence-corrected chi connectivity index (χ0v) is 9.46. The zero-order chi connectivity index (χ0) is 10.7. The van der Waals surface area contributed by atoms with Gasteiger partial charge < -0.3 is 15.5 Å². The molecule has 0 aliphatic carbocycles. The van der Waals surface area contributed by atoms with Crippen LogP contribution in [0.2, 0.25) is 0 Å². The third kappa shape index (κ3) is 2.69. The average molecular weight is 211 g/mol. The average Bonchev–Trinajstić information content (AvgIpc) is 2.74. The molecule has 2 fully saturated rings. The van der Waals surface area contributed by atoms with Crippen LogP contribution in [0.5, 0.6) is 0 Å². The Morgan fingerprint density at radius 1 is 1.40 bits per heavy atom. The molecule has 2 rings (SSSR count). The minimum absolute atomic E-state index is 0.188.